The Morgan fingerprint density at radius 1 is 1.12 bits per heavy atom. The van der Waals surface area contributed by atoms with Gasteiger partial charge in [-0.15, -0.1) is 13.2 Å². The van der Waals surface area contributed by atoms with Crippen molar-refractivity contribution in [2.45, 2.75) is 52.2 Å². The Hall–Kier alpha value is -4.06. The van der Waals surface area contributed by atoms with Crippen LogP contribution in [0.3, 0.4) is 0 Å². The summed E-state index contributed by atoms with van der Waals surface area (Å²) >= 11 is 5.95. The third-order valence-corrected chi connectivity index (χ3v) is 6.61. The molecule has 2 aromatic carbocycles. The van der Waals surface area contributed by atoms with E-state index in [9.17, 15) is 27.6 Å². The van der Waals surface area contributed by atoms with E-state index in [1.54, 1.807) is 31.2 Å². The number of amides is 2. The summed E-state index contributed by atoms with van der Waals surface area (Å²) in [4.78, 5) is 45.3. The zero-order chi connectivity index (χ0) is 29.4. The van der Waals surface area contributed by atoms with E-state index < -0.39 is 24.1 Å². The molecule has 1 aliphatic heterocycles. The molecule has 2 N–H and O–H groups in total. The van der Waals surface area contributed by atoms with Gasteiger partial charge < -0.3 is 20.3 Å². The van der Waals surface area contributed by atoms with Crippen molar-refractivity contribution in [1.29, 1.82) is 0 Å². The number of nitrogens with one attached hydrogen (secondary N) is 2. The first-order valence-electron chi connectivity index (χ1n) is 12.4. The maximum absolute atomic E-state index is 13.8. The summed E-state index contributed by atoms with van der Waals surface area (Å²) in [5.41, 5.74) is 1.55. The van der Waals surface area contributed by atoms with Crippen molar-refractivity contribution in [1.82, 2.24) is 19.8 Å². The lowest BCUT2D eigenvalue weighted by molar-refractivity contribution is -0.274. The molecule has 9 nitrogen and oxygen atoms in total. The largest absolute Gasteiger partial charge is 0.573 e. The van der Waals surface area contributed by atoms with Crippen LogP contribution in [0, 0.1) is 0 Å². The highest BCUT2D eigenvalue weighted by molar-refractivity contribution is 6.32. The van der Waals surface area contributed by atoms with Crippen LogP contribution in [-0.4, -0.2) is 51.8 Å². The molecule has 0 fully saturated rings. The van der Waals surface area contributed by atoms with Crippen LogP contribution in [0.15, 0.2) is 47.3 Å². The number of carbonyl (C=O) groups excluding carboxylic acids is 2. The van der Waals surface area contributed by atoms with E-state index in [0.717, 1.165) is 12.1 Å². The number of alkyl halides is 3. The van der Waals surface area contributed by atoms with Gasteiger partial charge in [0.25, 0.3) is 17.4 Å². The van der Waals surface area contributed by atoms with Crippen molar-refractivity contribution in [2.24, 2.45) is 0 Å². The normalized spacial score (nSPS) is 15.0. The first-order valence-corrected chi connectivity index (χ1v) is 12.8. The number of hydrogen-bond acceptors (Lipinski definition) is 6. The smallest absolute Gasteiger partial charge is 0.404 e. The predicted molar refractivity (Wildman–Crippen MR) is 143 cm³/mol. The molecule has 212 valence electrons. The third-order valence-electron chi connectivity index (χ3n) is 6.31. The van der Waals surface area contributed by atoms with Crippen LogP contribution in [0.2, 0.25) is 5.02 Å². The summed E-state index contributed by atoms with van der Waals surface area (Å²) in [5.74, 6) is -1.08. The van der Waals surface area contributed by atoms with Gasteiger partial charge in [-0.3, -0.25) is 14.4 Å². The molecule has 2 amide bonds. The molecule has 0 saturated carbocycles. The average molecular weight is 578 g/mol. The number of rotatable bonds is 6. The standard InChI is InChI=1S/C27H27ClF3N5O4/c1-14(2)33-26-34-21-13-35(24(38)17-7-10-22(20(28)12-17)40-27(29,30)31)15(3)11-19(21)25(39)36(26)18-8-5-16(6-9-18)23(37)32-4/h5-10,12,14-15H,11,13H2,1-4H3,(H,32,37)(H,33,34)/t15-/m1/s1. The van der Waals surface area contributed by atoms with Crippen molar-refractivity contribution >= 4 is 29.4 Å². The molecule has 4 rings (SSSR count). The maximum Gasteiger partial charge on any atom is 0.573 e. The van der Waals surface area contributed by atoms with E-state index in [2.05, 4.69) is 15.4 Å². The Kier molecular flexibility index (Phi) is 8.10. The summed E-state index contributed by atoms with van der Waals surface area (Å²) in [6.07, 6.45) is -4.72. The van der Waals surface area contributed by atoms with Gasteiger partial charge in [-0.05, 0) is 69.7 Å². The summed E-state index contributed by atoms with van der Waals surface area (Å²) < 4.78 is 43.1. The third kappa shape index (κ3) is 6.06. The molecule has 40 heavy (non-hydrogen) atoms. The summed E-state index contributed by atoms with van der Waals surface area (Å²) in [6, 6.07) is 9.34. The molecular formula is C27H27ClF3N5O4. The topological polar surface area (TPSA) is 106 Å². The molecule has 0 spiro atoms. The molecule has 2 heterocycles. The highest BCUT2D eigenvalue weighted by Gasteiger charge is 2.34. The van der Waals surface area contributed by atoms with E-state index in [4.69, 9.17) is 16.6 Å². The van der Waals surface area contributed by atoms with E-state index in [0.29, 0.717) is 22.5 Å². The average Bonchev–Trinajstić information content (AvgIpc) is 2.88. The quantitative estimate of drug-likeness (QED) is 0.445. The lowest BCUT2D eigenvalue weighted by Gasteiger charge is -2.35. The number of nitrogens with zero attached hydrogens (tertiary/aromatic N) is 3. The van der Waals surface area contributed by atoms with Crippen LogP contribution in [-0.2, 0) is 13.0 Å². The molecule has 1 atom stereocenters. The number of benzene rings is 2. The fraction of sp³-hybridized carbons (Fsp3) is 0.333. The van der Waals surface area contributed by atoms with E-state index in [1.165, 1.54) is 22.6 Å². The molecule has 3 aromatic rings. The Morgan fingerprint density at radius 3 is 2.35 bits per heavy atom. The second-order valence-electron chi connectivity index (χ2n) is 9.61. The lowest BCUT2D eigenvalue weighted by atomic mass is 9.98. The maximum atomic E-state index is 13.8. The number of ether oxygens (including phenoxy) is 1. The van der Waals surface area contributed by atoms with Crippen molar-refractivity contribution in [3.05, 3.63) is 80.2 Å². The molecule has 0 unspecified atom stereocenters. The Labute approximate surface area is 232 Å². The van der Waals surface area contributed by atoms with Crippen LogP contribution >= 0.6 is 11.6 Å². The minimum Gasteiger partial charge on any atom is -0.404 e. The first-order chi connectivity index (χ1) is 18.8. The van der Waals surface area contributed by atoms with Gasteiger partial charge >= 0.3 is 6.36 Å². The van der Waals surface area contributed by atoms with Gasteiger partial charge in [-0.25, -0.2) is 9.55 Å². The Balaban J connectivity index is 1.70. The van der Waals surface area contributed by atoms with Crippen molar-refractivity contribution < 1.29 is 27.5 Å². The molecule has 0 radical (unpaired) electrons. The van der Waals surface area contributed by atoms with Gasteiger partial charge in [-0.2, -0.15) is 0 Å². The fourth-order valence-corrected chi connectivity index (χ4v) is 4.66. The second kappa shape index (κ2) is 11.2. The van der Waals surface area contributed by atoms with Crippen molar-refractivity contribution in [3.63, 3.8) is 0 Å². The van der Waals surface area contributed by atoms with E-state index in [-0.39, 0.29) is 47.0 Å². The SMILES string of the molecule is CNC(=O)c1ccc(-n2c(NC(C)C)nc3c(c2=O)C[C@@H](C)N(C(=O)c2ccc(OC(F)(F)F)c(Cl)c2)C3)cc1. The zero-order valence-corrected chi connectivity index (χ0v) is 22.9. The number of carbonyl (C=O) groups is 2. The van der Waals surface area contributed by atoms with Crippen LogP contribution in [0.4, 0.5) is 19.1 Å². The summed E-state index contributed by atoms with van der Waals surface area (Å²) in [6.45, 7) is 5.55. The summed E-state index contributed by atoms with van der Waals surface area (Å²) in [7, 11) is 1.53. The van der Waals surface area contributed by atoms with Crippen LogP contribution in [0.1, 0.15) is 52.7 Å². The van der Waals surface area contributed by atoms with Crippen molar-refractivity contribution in [2.75, 3.05) is 12.4 Å². The predicted octanol–water partition coefficient (Wildman–Crippen LogP) is 4.55. The minimum atomic E-state index is -4.92. The molecule has 0 aliphatic carbocycles. The van der Waals surface area contributed by atoms with Crippen LogP contribution in [0.5, 0.6) is 5.75 Å². The van der Waals surface area contributed by atoms with E-state index in [1.807, 2.05) is 13.8 Å². The van der Waals surface area contributed by atoms with E-state index >= 15 is 0 Å². The van der Waals surface area contributed by atoms with Gasteiger partial charge in [0, 0.05) is 35.8 Å². The zero-order valence-electron chi connectivity index (χ0n) is 22.1. The van der Waals surface area contributed by atoms with Gasteiger partial charge in [0.05, 0.1) is 22.9 Å². The first kappa shape index (κ1) is 28.9. The van der Waals surface area contributed by atoms with Crippen LogP contribution < -0.4 is 20.9 Å². The molecule has 13 heteroatoms. The van der Waals surface area contributed by atoms with Gasteiger partial charge in [0.15, 0.2) is 0 Å². The van der Waals surface area contributed by atoms with Gasteiger partial charge in [-0.1, -0.05) is 11.6 Å². The number of anilines is 1. The Morgan fingerprint density at radius 2 is 1.77 bits per heavy atom. The monoisotopic (exact) mass is 577 g/mol. The second-order valence-corrected chi connectivity index (χ2v) is 10.0. The minimum absolute atomic E-state index is 0.00617. The van der Waals surface area contributed by atoms with Crippen LogP contribution in [0.25, 0.3) is 5.69 Å². The Bertz CT molecular complexity index is 1510. The number of aromatic nitrogens is 2. The molecule has 0 saturated heterocycles. The number of hydrogen-bond donors (Lipinski definition) is 2. The molecular weight excluding hydrogens is 551 g/mol. The number of halogens is 4. The number of fused-ring (bicyclic) bond motifs is 1. The fourth-order valence-electron chi connectivity index (χ4n) is 4.44. The molecule has 0 bridgehead atoms. The highest BCUT2D eigenvalue weighted by Crippen LogP contribution is 2.32. The van der Waals surface area contributed by atoms with Gasteiger partial charge in [0.2, 0.25) is 5.95 Å². The molecule has 1 aromatic heterocycles. The van der Waals surface area contributed by atoms with Gasteiger partial charge in [0.1, 0.15) is 5.75 Å². The highest BCUT2D eigenvalue weighted by atomic mass is 35.5. The summed E-state index contributed by atoms with van der Waals surface area (Å²) in [5, 5.41) is 5.37. The molecule has 1 aliphatic rings. The van der Waals surface area contributed by atoms with Crippen molar-refractivity contribution in [3.8, 4) is 11.4 Å². The lowest BCUT2D eigenvalue weighted by Crippen LogP contribution is -2.46.